The Kier molecular flexibility index (Phi) is 4.69. The molecule has 116 valence electrons. The number of hydrogen-bond donors (Lipinski definition) is 1. The summed E-state index contributed by atoms with van der Waals surface area (Å²) in [5.41, 5.74) is 0. The highest BCUT2D eigenvalue weighted by atomic mass is 32.2. The van der Waals surface area contributed by atoms with E-state index >= 15 is 0 Å². The monoisotopic (exact) mass is 315 g/mol. The quantitative estimate of drug-likeness (QED) is 0.822. The molecule has 1 atom stereocenters. The zero-order valence-electron chi connectivity index (χ0n) is 11.8. The van der Waals surface area contributed by atoms with Crippen LogP contribution in [-0.4, -0.2) is 40.8 Å². The van der Waals surface area contributed by atoms with Crippen LogP contribution in [0.3, 0.4) is 0 Å². The van der Waals surface area contributed by atoms with Gasteiger partial charge in [-0.3, -0.25) is 4.79 Å². The lowest BCUT2D eigenvalue weighted by molar-refractivity contribution is -0.142. The molecular weight excluding hydrogens is 298 g/mol. The Morgan fingerprint density at radius 2 is 1.95 bits per heavy atom. The number of fused-ring (bicyclic) bond motifs is 1. The van der Waals surface area contributed by atoms with Crippen LogP contribution in [0.2, 0.25) is 0 Å². The maximum absolute atomic E-state index is 12.2. The van der Waals surface area contributed by atoms with Crippen LogP contribution in [0.4, 0.5) is 0 Å². The third-order valence-electron chi connectivity index (χ3n) is 2.92. The second-order valence-corrected chi connectivity index (χ2v) is 6.24. The summed E-state index contributed by atoms with van der Waals surface area (Å²) in [7, 11) is -2.65. The summed E-state index contributed by atoms with van der Waals surface area (Å²) in [4.78, 5) is 11.3. The first kappa shape index (κ1) is 15.6. The average Bonchev–Trinajstić information content (AvgIpc) is 2.70. The van der Waals surface area contributed by atoms with E-state index in [4.69, 9.17) is 9.47 Å². The summed E-state index contributed by atoms with van der Waals surface area (Å²) in [6, 6.07) is 3.35. The number of methoxy groups -OCH3 is 1. The van der Waals surface area contributed by atoms with Gasteiger partial charge in [-0.1, -0.05) is 0 Å². The Labute approximate surface area is 123 Å². The van der Waals surface area contributed by atoms with Crippen LogP contribution in [0.25, 0.3) is 0 Å². The molecule has 0 aliphatic carbocycles. The SMILES string of the molecule is COC(=O)C(C)NS(=O)(=O)c1ccc2c(c1)OCCCO2. The van der Waals surface area contributed by atoms with Crippen molar-refractivity contribution in [2.45, 2.75) is 24.3 Å². The zero-order valence-corrected chi connectivity index (χ0v) is 12.6. The highest BCUT2D eigenvalue weighted by molar-refractivity contribution is 7.89. The van der Waals surface area contributed by atoms with E-state index in [1.165, 1.54) is 32.2 Å². The van der Waals surface area contributed by atoms with Gasteiger partial charge in [-0.25, -0.2) is 8.42 Å². The topological polar surface area (TPSA) is 90.9 Å². The lowest BCUT2D eigenvalue weighted by Gasteiger charge is -2.13. The van der Waals surface area contributed by atoms with Gasteiger partial charge in [0, 0.05) is 12.5 Å². The molecule has 8 heteroatoms. The Hall–Kier alpha value is -1.80. The van der Waals surface area contributed by atoms with Crippen molar-refractivity contribution in [3.8, 4) is 11.5 Å². The lowest BCUT2D eigenvalue weighted by Crippen LogP contribution is -2.39. The fraction of sp³-hybridized carbons (Fsp3) is 0.462. The molecule has 1 aliphatic rings. The third kappa shape index (κ3) is 3.64. The number of nitrogens with one attached hydrogen (secondary N) is 1. The standard InChI is InChI=1S/C13H17NO6S/c1-9(13(15)18-2)14-21(16,17)10-4-5-11-12(8-10)20-7-3-6-19-11/h4-5,8-9,14H,3,6-7H2,1-2H3. The predicted octanol–water partition coefficient (Wildman–Crippen LogP) is 0.688. The fourth-order valence-electron chi connectivity index (χ4n) is 1.84. The molecule has 0 bridgehead atoms. The van der Waals surface area contributed by atoms with Crippen molar-refractivity contribution >= 4 is 16.0 Å². The Morgan fingerprint density at radius 1 is 1.29 bits per heavy atom. The van der Waals surface area contributed by atoms with Crippen molar-refractivity contribution < 1.29 is 27.4 Å². The van der Waals surface area contributed by atoms with Gasteiger partial charge in [0.1, 0.15) is 6.04 Å². The van der Waals surface area contributed by atoms with Gasteiger partial charge in [-0.15, -0.1) is 0 Å². The first-order valence-corrected chi connectivity index (χ1v) is 7.92. The number of rotatable bonds is 4. The molecule has 1 unspecified atom stereocenters. The van der Waals surface area contributed by atoms with Crippen molar-refractivity contribution in [2.75, 3.05) is 20.3 Å². The highest BCUT2D eigenvalue weighted by Crippen LogP contribution is 2.31. The molecule has 1 aliphatic heterocycles. The third-order valence-corrected chi connectivity index (χ3v) is 4.45. The minimum absolute atomic E-state index is 0.00232. The number of hydrogen-bond acceptors (Lipinski definition) is 6. The van der Waals surface area contributed by atoms with E-state index < -0.39 is 22.0 Å². The summed E-state index contributed by atoms with van der Waals surface area (Å²) in [5, 5.41) is 0. The Morgan fingerprint density at radius 3 is 2.62 bits per heavy atom. The normalized spacial score (nSPS) is 15.9. The molecule has 2 rings (SSSR count). The molecule has 21 heavy (non-hydrogen) atoms. The number of carbonyl (C=O) groups excluding carboxylic acids is 1. The number of sulfonamides is 1. The van der Waals surface area contributed by atoms with Crippen molar-refractivity contribution in [1.29, 1.82) is 0 Å². The van der Waals surface area contributed by atoms with Gasteiger partial charge in [0.15, 0.2) is 11.5 Å². The van der Waals surface area contributed by atoms with E-state index in [0.717, 1.165) is 6.42 Å². The molecule has 0 saturated heterocycles. The number of carbonyl (C=O) groups is 1. The van der Waals surface area contributed by atoms with Gasteiger partial charge >= 0.3 is 5.97 Å². The highest BCUT2D eigenvalue weighted by Gasteiger charge is 2.24. The van der Waals surface area contributed by atoms with E-state index in [9.17, 15) is 13.2 Å². The van der Waals surface area contributed by atoms with Gasteiger partial charge in [-0.05, 0) is 19.1 Å². The molecule has 0 saturated carbocycles. The lowest BCUT2D eigenvalue weighted by atomic mass is 10.3. The molecule has 0 aromatic heterocycles. The first-order chi connectivity index (χ1) is 9.94. The van der Waals surface area contributed by atoms with Crippen LogP contribution in [0.5, 0.6) is 11.5 Å². The predicted molar refractivity (Wildman–Crippen MR) is 73.8 cm³/mol. The van der Waals surface area contributed by atoms with Crippen LogP contribution >= 0.6 is 0 Å². The van der Waals surface area contributed by atoms with Crippen LogP contribution in [0.15, 0.2) is 23.1 Å². The number of benzene rings is 1. The fourth-order valence-corrected chi connectivity index (χ4v) is 3.04. The average molecular weight is 315 g/mol. The van der Waals surface area contributed by atoms with Crippen LogP contribution in [-0.2, 0) is 19.6 Å². The molecule has 0 amide bonds. The molecule has 1 aromatic carbocycles. The molecule has 7 nitrogen and oxygen atoms in total. The summed E-state index contributed by atoms with van der Waals surface area (Å²) in [5.74, 6) is 0.224. The van der Waals surface area contributed by atoms with E-state index in [0.29, 0.717) is 24.7 Å². The van der Waals surface area contributed by atoms with Crippen molar-refractivity contribution in [3.05, 3.63) is 18.2 Å². The molecule has 0 fully saturated rings. The summed E-state index contributed by atoms with van der Waals surface area (Å²) in [6.45, 7) is 2.39. The van der Waals surface area contributed by atoms with E-state index in [-0.39, 0.29) is 4.90 Å². The molecular formula is C13H17NO6S. The van der Waals surface area contributed by atoms with Gasteiger partial charge in [0.2, 0.25) is 10.0 Å². The van der Waals surface area contributed by atoms with Gasteiger partial charge in [-0.2, -0.15) is 4.72 Å². The zero-order chi connectivity index (χ0) is 15.5. The minimum atomic E-state index is -3.85. The molecule has 1 N–H and O–H groups in total. The van der Waals surface area contributed by atoms with E-state index in [1.807, 2.05) is 0 Å². The van der Waals surface area contributed by atoms with E-state index in [2.05, 4.69) is 9.46 Å². The van der Waals surface area contributed by atoms with E-state index in [1.54, 1.807) is 0 Å². The number of esters is 1. The maximum atomic E-state index is 12.2. The first-order valence-electron chi connectivity index (χ1n) is 6.44. The van der Waals surface area contributed by atoms with Gasteiger partial charge in [0.25, 0.3) is 0 Å². The van der Waals surface area contributed by atoms with Crippen LogP contribution < -0.4 is 14.2 Å². The molecule has 1 heterocycles. The molecule has 0 spiro atoms. The number of ether oxygens (including phenoxy) is 3. The summed E-state index contributed by atoms with van der Waals surface area (Å²) >= 11 is 0. The Balaban J connectivity index is 2.24. The minimum Gasteiger partial charge on any atom is -0.490 e. The van der Waals surface area contributed by atoms with Crippen LogP contribution in [0.1, 0.15) is 13.3 Å². The molecule has 0 radical (unpaired) electrons. The second-order valence-electron chi connectivity index (χ2n) is 4.53. The van der Waals surface area contributed by atoms with Gasteiger partial charge in [0.05, 0.1) is 25.2 Å². The van der Waals surface area contributed by atoms with Crippen LogP contribution in [0, 0.1) is 0 Å². The summed E-state index contributed by atoms with van der Waals surface area (Å²) < 4.78 is 42.1. The second kappa shape index (κ2) is 6.31. The molecule has 1 aromatic rings. The van der Waals surface area contributed by atoms with Gasteiger partial charge < -0.3 is 14.2 Å². The Bertz CT molecular complexity index is 628. The summed E-state index contributed by atoms with van der Waals surface area (Å²) in [6.07, 6.45) is 0.731. The van der Waals surface area contributed by atoms with Crippen molar-refractivity contribution in [3.63, 3.8) is 0 Å². The largest absolute Gasteiger partial charge is 0.490 e. The van der Waals surface area contributed by atoms with Crippen molar-refractivity contribution in [1.82, 2.24) is 4.72 Å². The van der Waals surface area contributed by atoms with Crippen molar-refractivity contribution in [2.24, 2.45) is 0 Å². The smallest absolute Gasteiger partial charge is 0.323 e. The maximum Gasteiger partial charge on any atom is 0.323 e.